The summed E-state index contributed by atoms with van der Waals surface area (Å²) in [5.74, 6) is 0.661. The van der Waals surface area contributed by atoms with E-state index in [1.54, 1.807) is 4.90 Å². The van der Waals surface area contributed by atoms with Crippen LogP contribution in [0.2, 0.25) is 0 Å². The van der Waals surface area contributed by atoms with Crippen LogP contribution in [0.5, 0.6) is 0 Å². The Hall–Kier alpha value is -2.66. The summed E-state index contributed by atoms with van der Waals surface area (Å²) in [6.07, 6.45) is 0. The van der Waals surface area contributed by atoms with Gasteiger partial charge in [-0.05, 0) is 30.5 Å². The number of rotatable bonds is 6. The second kappa shape index (κ2) is 8.78. The zero-order valence-electron chi connectivity index (χ0n) is 18.0. The van der Waals surface area contributed by atoms with Crippen LogP contribution >= 0.6 is 0 Å². The number of carbonyl (C=O) groups excluding carboxylic acids is 2. The predicted molar refractivity (Wildman–Crippen MR) is 117 cm³/mol. The largest absolute Gasteiger partial charge is 0.330 e. The number of nitrogens with zero attached hydrogens (tertiary/aromatic N) is 1. The van der Waals surface area contributed by atoms with Gasteiger partial charge in [0.15, 0.2) is 6.04 Å². The minimum Gasteiger partial charge on any atom is -0.330 e. The molecule has 2 atom stereocenters. The summed E-state index contributed by atoms with van der Waals surface area (Å²) in [7, 11) is 0. The number of hydrogen-bond donors (Lipinski definition) is 2. The molecule has 0 fully saturated rings. The van der Waals surface area contributed by atoms with Crippen molar-refractivity contribution in [1.82, 2.24) is 0 Å². The van der Waals surface area contributed by atoms with Gasteiger partial charge in [-0.3, -0.25) is 14.5 Å². The summed E-state index contributed by atoms with van der Waals surface area (Å²) in [6.45, 7) is 10.7. The number of benzene rings is 2. The van der Waals surface area contributed by atoms with Crippen LogP contribution in [0.1, 0.15) is 57.7 Å². The Kier molecular flexibility index (Phi) is 6.38. The number of hydrogen-bond acceptors (Lipinski definition) is 2. The third-order valence-electron chi connectivity index (χ3n) is 5.63. The highest BCUT2D eigenvalue weighted by Crippen LogP contribution is 2.29. The Balaban J connectivity index is 1.79. The van der Waals surface area contributed by atoms with E-state index in [1.807, 2.05) is 31.2 Å². The van der Waals surface area contributed by atoms with Crippen LogP contribution in [0.4, 0.5) is 11.4 Å². The minimum absolute atomic E-state index is 0.0447. The highest BCUT2D eigenvalue weighted by molar-refractivity contribution is 6.10. The molecular formula is C24H32N3O2+. The van der Waals surface area contributed by atoms with Crippen molar-refractivity contribution in [3.63, 3.8) is 0 Å². The van der Waals surface area contributed by atoms with Gasteiger partial charge in [0, 0.05) is 11.5 Å². The maximum absolute atomic E-state index is 13.3. The van der Waals surface area contributed by atoms with Gasteiger partial charge in [0.05, 0.1) is 11.4 Å². The zero-order valence-corrected chi connectivity index (χ0v) is 18.0. The molecule has 0 aromatic heterocycles. The first-order valence-electron chi connectivity index (χ1n) is 10.4. The normalized spacial score (nSPS) is 15.8. The number of quaternary nitrogens is 1. The molecule has 2 aromatic rings. The highest BCUT2D eigenvalue weighted by atomic mass is 16.2. The number of amides is 2. The Morgan fingerprint density at radius 2 is 1.59 bits per heavy atom. The van der Waals surface area contributed by atoms with Crippen molar-refractivity contribution < 1.29 is 14.9 Å². The van der Waals surface area contributed by atoms with E-state index in [0.717, 1.165) is 5.69 Å². The molecule has 29 heavy (non-hydrogen) atoms. The second-order valence-corrected chi connectivity index (χ2v) is 8.56. The van der Waals surface area contributed by atoms with Crippen LogP contribution in [-0.2, 0) is 9.59 Å². The molecule has 154 valence electrons. The molecule has 0 spiro atoms. The van der Waals surface area contributed by atoms with Crippen LogP contribution in [0, 0.1) is 5.92 Å². The number of nitrogens with one attached hydrogen (secondary N) is 1. The first-order chi connectivity index (χ1) is 13.8. The van der Waals surface area contributed by atoms with Crippen LogP contribution in [0.3, 0.4) is 0 Å². The molecule has 0 saturated heterocycles. The van der Waals surface area contributed by atoms with Crippen LogP contribution in [-0.4, -0.2) is 24.4 Å². The van der Waals surface area contributed by atoms with Gasteiger partial charge in [0.2, 0.25) is 5.91 Å². The van der Waals surface area contributed by atoms with E-state index < -0.39 is 0 Å². The van der Waals surface area contributed by atoms with Crippen LogP contribution in [0.25, 0.3) is 0 Å². The molecular weight excluding hydrogens is 362 g/mol. The molecule has 0 radical (unpaired) electrons. The van der Waals surface area contributed by atoms with Crippen molar-refractivity contribution in [3.05, 3.63) is 59.7 Å². The lowest BCUT2D eigenvalue weighted by molar-refractivity contribution is -0.719. The Morgan fingerprint density at radius 1 is 0.966 bits per heavy atom. The number of fused-ring (bicyclic) bond motifs is 1. The average molecular weight is 395 g/mol. The van der Waals surface area contributed by atoms with Gasteiger partial charge in [-0.1, -0.05) is 64.1 Å². The van der Waals surface area contributed by atoms with Gasteiger partial charge < -0.3 is 10.6 Å². The van der Waals surface area contributed by atoms with Gasteiger partial charge in [-0.2, -0.15) is 0 Å². The lowest BCUT2D eigenvalue weighted by Gasteiger charge is -2.31. The van der Waals surface area contributed by atoms with Gasteiger partial charge in [-0.15, -0.1) is 0 Å². The fourth-order valence-electron chi connectivity index (χ4n) is 3.89. The van der Waals surface area contributed by atoms with E-state index in [9.17, 15) is 9.59 Å². The lowest BCUT2D eigenvalue weighted by atomic mass is 9.92. The third-order valence-corrected chi connectivity index (χ3v) is 5.63. The van der Waals surface area contributed by atoms with Crippen molar-refractivity contribution >= 4 is 23.2 Å². The topological polar surface area (TPSA) is 66.0 Å². The van der Waals surface area contributed by atoms with E-state index in [-0.39, 0.29) is 30.4 Å². The van der Waals surface area contributed by atoms with E-state index in [1.165, 1.54) is 11.1 Å². The monoisotopic (exact) mass is 394 g/mol. The van der Waals surface area contributed by atoms with Gasteiger partial charge in [-0.25, -0.2) is 0 Å². The minimum atomic E-state index is -0.300. The summed E-state index contributed by atoms with van der Waals surface area (Å²) in [4.78, 5) is 26.9. The summed E-state index contributed by atoms with van der Waals surface area (Å²) >= 11 is 0. The molecule has 1 aliphatic rings. The second-order valence-electron chi connectivity index (χ2n) is 8.56. The van der Waals surface area contributed by atoms with Crippen molar-refractivity contribution in [2.45, 2.75) is 52.6 Å². The summed E-state index contributed by atoms with van der Waals surface area (Å²) in [5.41, 5.74) is 3.99. The number of carbonyl (C=O) groups is 2. The van der Waals surface area contributed by atoms with Crippen molar-refractivity contribution in [2.24, 2.45) is 5.92 Å². The molecule has 2 aromatic carbocycles. The van der Waals surface area contributed by atoms with Crippen molar-refractivity contribution in [2.75, 3.05) is 16.8 Å². The molecule has 1 heterocycles. The fraction of sp³-hybridized carbons (Fsp3) is 0.417. The smallest absolute Gasteiger partial charge is 0.285 e. The first-order valence-corrected chi connectivity index (χ1v) is 10.4. The predicted octanol–water partition coefficient (Wildman–Crippen LogP) is 3.44. The average Bonchev–Trinajstić information content (AvgIpc) is 2.70. The van der Waals surface area contributed by atoms with E-state index in [0.29, 0.717) is 17.5 Å². The Labute approximate surface area is 173 Å². The Morgan fingerprint density at radius 3 is 2.21 bits per heavy atom. The molecule has 3 N–H and O–H groups in total. The molecule has 3 rings (SSSR count). The lowest BCUT2D eigenvalue weighted by Crippen LogP contribution is -2.93. The molecule has 2 amide bonds. The zero-order chi connectivity index (χ0) is 21.1. The third kappa shape index (κ3) is 4.67. The van der Waals surface area contributed by atoms with Crippen LogP contribution in [0.15, 0.2) is 48.5 Å². The van der Waals surface area contributed by atoms with Crippen molar-refractivity contribution in [3.8, 4) is 0 Å². The Bertz CT molecular complexity index is 874. The van der Waals surface area contributed by atoms with Crippen LogP contribution < -0.4 is 15.5 Å². The molecule has 5 nitrogen and oxygen atoms in total. The van der Waals surface area contributed by atoms with Gasteiger partial charge in [0.1, 0.15) is 12.6 Å². The molecule has 0 saturated carbocycles. The van der Waals surface area contributed by atoms with E-state index in [2.05, 4.69) is 62.6 Å². The first kappa shape index (κ1) is 21.1. The summed E-state index contributed by atoms with van der Waals surface area (Å²) in [5, 5.41) is 4.97. The highest BCUT2D eigenvalue weighted by Gasteiger charge is 2.33. The SMILES string of the molecule is CC(C)c1ccc([C@H]([NH2+][C@@H](C)C(=O)N2CC(=O)Nc3ccccc32)C(C)C)cc1. The number of nitrogens with two attached hydrogens (primary N) is 1. The van der Waals surface area contributed by atoms with E-state index in [4.69, 9.17) is 0 Å². The fourth-order valence-corrected chi connectivity index (χ4v) is 3.89. The maximum Gasteiger partial charge on any atom is 0.285 e. The molecule has 0 aliphatic carbocycles. The standard InChI is InChI=1S/C24H31N3O2/c1-15(2)18-10-12-19(13-11-18)23(16(3)4)25-17(5)24(29)27-14-22(28)26-20-8-6-7-9-21(20)27/h6-13,15-17,23,25H,14H2,1-5H3,(H,26,28)/p+1/t17-,23+/m0/s1. The quantitative estimate of drug-likeness (QED) is 0.788. The summed E-state index contributed by atoms with van der Waals surface area (Å²) < 4.78 is 0. The number of anilines is 2. The van der Waals surface area contributed by atoms with E-state index >= 15 is 0 Å². The maximum atomic E-state index is 13.3. The molecule has 0 bridgehead atoms. The molecule has 0 unspecified atom stereocenters. The molecule has 1 aliphatic heterocycles. The molecule has 5 heteroatoms. The van der Waals surface area contributed by atoms with Gasteiger partial charge in [0.25, 0.3) is 5.91 Å². The van der Waals surface area contributed by atoms with Gasteiger partial charge >= 0.3 is 0 Å². The van der Waals surface area contributed by atoms with Crippen molar-refractivity contribution in [1.29, 1.82) is 0 Å². The number of para-hydroxylation sites is 2. The summed E-state index contributed by atoms with van der Waals surface area (Å²) in [6, 6.07) is 16.0.